The number of carbonyl (C=O) groups excluding carboxylic acids is 1. The molecule has 0 spiro atoms. The molecule has 2 aromatic rings. The lowest BCUT2D eigenvalue weighted by molar-refractivity contribution is -0.113. The number of nitrogen functional groups attached to an aromatic ring is 1. The number of aromatic nitrogens is 3. The van der Waals surface area contributed by atoms with Gasteiger partial charge in [-0.3, -0.25) is 9.59 Å². The number of thioether (sulfide) groups is 1. The molecule has 0 unspecified atom stereocenters. The van der Waals surface area contributed by atoms with Crippen LogP contribution in [-0.2, 0) is 4.79 Å². The van der Waals surface area contributed by atoms with E-state index in [1.165, 1.54) is 19.1 Å². The lowest BCUT2D eigenvalue weighted by atomic mass is 10.3. The van der Waals surface area contributed by atoms with Crippen LogP contribution < -0.4 is 16.7 Å². The van der Waals surface area contributed by atoms with E-state index in [9.17, 15) is 14.0 Å². The van der Waals surface area contributed by atoms with Crippen LogP contribution in [0.25, 0.3) is 0 Å². The molecule has 0 atom stereocenters. The van der Waals surface area contributed by atoms with E-state index >= 15 is 0 Å². The summed E-state index contributed by atoms with van der Waals surface area (Å²) in [5.41, 5.74) is -0.265. The highest BCUT2D eigenvalue weighted by atomic mass is 79.9. The van der Waals surface area contributed by atoms with Gasteiger partial charge in [-0.2, -0.15) is 4.68 Å². The number of hydrogen-bond donors (Lipinski definition) is 2. The van der Waals surface area contributed by atoms with E-state index in [2.05, 4.69) is 31.4 Å². The van der Waals surface area contributed by atoms with Crippen LogP contribution in [0.1, 0.15) is 5.69 Å². The maximum atomic E-state index is 13.6. The molecule has 1 aromatic heterocycles. The number of rotatable bonds is 4. The Hall–Kier alpha value is -1.94. The SMILES string of the molecule is Cc1nnc(SCC(=O)Nc2ccc(Br)cc2F)n(N)c1=O. The molecule has 0 radical (unpaired) electrons. The van der Waals surface area contributed by atoms with E-state index in [4.69, 9.17) is 5.84 Å². The van der Waals surface area contributed by atoms with Crippen molar-refractivity contribution in [2.75, 3.05) is 16.9 Å². The van der Waals surface area contributed by atoms with E-state index in [1.807, 2.05) is 0 Å². The number of nitrogens with one attached hydrogen (secondary N) is 1. The number of nitrogens with zero attached hydrogens (tertiary/aromatic N) is 3. The second-order valence-electron chi connectivity index (χ2n) is 4.20. The summed E-state index contributed by atoms with van der Waals surface area (Å²) < 4.78 is 15.0. The Balaban J connectivity index is 2.01. The standard InChI is InChI=1S/C12H11BrFN5O2S/c1-6-11(21)19(15)12(18-17-6)22-5-10(20)16-9-3-2-7(13)4-8(9)14/h2-4H,5,15H2,1H3,(H,16,20). The first kappa shape index (κ1) is 16.4. The van der Waals surface area contributed by atoms with Gasteiger partial charge in [-0.15, -0.1) is 10.2 Å². The molecule has 1 aromatic carbocycles. The molecule has 10 heteroatoms. The minimum absolute atomic E-state index is 0.0638. The van der Waals surface area contributed by atoms with Gasteiger partial charge in [0.2, 0.25) is 11.1 Å². The normalized spacial score (nSPS) is 10.5. The Morgan fingerprint density at radius 1 is 1.50 bits per heavy atom. The molecule has 2 rings (SSSR count). The van der Waals surface area contributed by atoms with Crippen molar-refractivity contribution in [3.05, 3.63) is 44.5 Å². The van der Waals surface area contributed by atoms with Gasteiger partial charge in [0, 0.05) is 4.47 Å². The number of hydrogen-bond acceptors (Lipinski definition) is 6. The molecule has 7 nitrogen and oxygen atoms in total. The van der Waals surface area contributed by atoms with Gasteiger partial charge < -0.3 is 11.2 Å². The van der Waals surface area contributed by atoms with Crippen LogP contribution >= 0.6 is 27.7 Å². The Morgan fingerprint density at radius 2 is 2.23 bits per heavy atom. The minimum atomic E-state index is -0.557. The topological polar surface area (TPSA) is 103 Å². The van der Waals surface area contributed by atoms with Crippen molar-refractivity contribution in [2.24, 2.45) is 0 Å². The summed E-state index contributed by atoms with van der Waals surface area (Å²) in [6.45, 7) is 1.48. The Labute approximate surface area is 137 Å². The van der Waals surface area contributed by atoms with E-state index in [0.717, 1.165) is 16.4 Å². The van der Waals surface area contributed by atoms with Gasteiger partial charge in [-0.1, -0.05) is 27.7 Å². The third kappa shape index (κ3) is 3.83. The maximum Gasteiger partial charge on any atom is 0.294 e. The first-order valence-corrected chi connectivity index (χ1v) is 7.75. The van der Waals surface area contributed by atoms with Gasteiger partial charge in [0.15, 0.2) is 0 Å². The molecule has 22 heavy (non-hydrogen) atoms. The second kappa shape index (κ2) is 6.88. The zero-order chi connectivity index (χ0) is 16.3. The Kier molecular flexibility index (Phi) is 5.14. The van der Waals surface area contributed by atoms with Gasteiger partial charge >= 0.3 is 0 Å². The summed E-state index contributed by atoms with van der Waals surface area (Å²) in [6.07, 6.45) is 0. The van der Waals surface area contributed by atoms with Crippen molar-refractivity contribution in [3.63, 3.8) is 0 Å². The van der Waals surface area contributed by atoms with Gasteiger partial charge in [0.1, 0.15) is 11.5 Å². The van der Waals surface area contributed by atoms with E-state index in [1.54, 1.807) is 6.07 Å². The molecule has 0 aliphatic rings. The third-order valence-corrected chi connectivity index (χ3v) is 3.99. The number of benzene rings is 1. The van der Waals surface area contributed by atoms with Crippen molar-refractivity contribution in [2.45, 2.75) is 12.1 Å². The zero-order valence-corrected chi connectivity index (χ0v) is 13.7. The number of amides is 1. The Morgan fingerprint density at radius 3 is 2.91 bits per heavy atom. The largest absolute Gasteiger partial charge is 0.334 e. The van der Waals surface area contributed by atoms with E-state index < -0.39 is 17.3 Å². The highest BCUT2D eigenvalue weighted by Gasteiger charge is 2.12. The highest BCUT2D eigenvalue weighted by Crippen LogP contribution is 2.20. The molecular formula is C12H11BrFN5O2S. The average Bonchev–Trinajstić information content (AvgIpc) is 2.47. The molecule has 116 valence electrons. The zero-order valence-electron chi connectivity index (χ0n) is 11.3. The van der Waals surface area contributed by atoms with Gasteiger partial charge in [-0.05, 0) is 25.1 Å². The summed E-state index contributed by atoms with van der Waals surface area (Å²) >= 11 is 4.05. The molecule has 0 saturated carbocycles. The van der Waals surface area contributed by atoms with Crippen molar-refractivity contribution in [3.8, 4) is 0 Å². The molecule has 0 fully saturated rings. The molecule has 3 N–H and O–H groups in total. The molecule has 0 bridgehead atoms. The average molecular weight is 388 g/mol. The quantitative estimate of drug-likeness (QED) is 0.605. The number of anilines is 1. The minimum Gasteiger partial charge on any atom is -0.334 e. The molecular weight excluding hydrogens is 377 g/mol. The first-order valence-electron chi connectivity index (χ1n) is 5.97. The lowest BCUT2D eigenvalue weighted by Gasteiger charge is -2.08. The number of halogens is 2. The smallest absolute Gasteiger partial charge is 0.294 e. The molecule has 1 heterocycles. The van der Waals surface area contributed by atoms with Crippen LogP contribution in [0.3, 0.4) is 0 Å². The van der Waals surface area contributed by atoms with Crippen LogP contribution in [0.15, 0.2) is 32.6 Å². The van der Waals surface area contributed by atoms with Crippen LogP contribution in [-0.4, -0.2) is 26.5 Å². The predicted octanol–water partition coefficient (Wildman–Crippen LogP) is 1.29. The van der Waals surface area contributed by atoms with Crippen LogP contribution in [0.5, 0.6) is 0 Å². The molecule has 0 aliphatic carbocycles. The van der Waals surface area contributed by atoms with Crippen LogP contribution in [0.2, 0.25) is 0 Å². The van der Waals surface area contributed by atoms with Gasteiger partial charge in [0.05, 0.1) is 11.4 Å². The summed E-state index contributed by atoms with van der Waals surface area (Å²) in [4.78, 5) is 23.4. The van der Waals surface area contributed by atoms with Crippen LogP contribution in [0, 0.1) is 12.7 Å². The summed E-state index contributed by atoms with van der Waals surface area (Å²) in [6, 6.07) is 4.28. The fourth-order valence-electron chi connectivity index (χ4n) is 1.48. The second-order valence-corrected chi connectivity index (χ2v) is 6.06. The van der Waals surface area contributed by atoms with Crippen molar-refractivity contribution < 1.29 is 9.18 Å². The van der Waals surface area contributed by atoms with Crippen molar-refractivity contribution >= 4 is 39.3 Å². The van der Waals surface area contributed by atoms with Gasteiger partial charge in [0.25, 0.3) is 5.56 Å². The predicted molar refractivity (Wildman–Crippen MR) is 84.6 cm³/mol. The fraction of sp³-hybridized carbons (Fsp3) is 0.167. The number of nitrogens with two attached hydrogens (primary N) is 1. The van der Waals surface area contributed by atoms with Crippen molar-refractivity contribution in [1.82, 2.24) is 14.9 Å². The third-order valence-electron chi connectivity index (χ3n) is 2.56. The summed E-state index contributed by atoms with van der Waals surface area (Å²) in [5.74, 6) is 4.44. The summed E-state index contributed by atoms with van der Waals surface area (Å²) in [7, 11) is 0. The van der Waals surface area contributed by atoms with E-state index in [0.29, 0.717) is 4.47 Å². The number of aryl methyl sites for hydroxylation is 1. The fourth-order valence-corrected chi connectivity index (χ4v) is 2.46. The molecule has 1 amide bonds. The van der Waals surface area contributed by atoms with Crippen LogP contribution in [0.4, 0.5) is 10.1 Å². The molecule has 0 aliphatic heterocycles. The van der Waals surface area contributed by atoms with Crippen molar-refractivity contribution in [1.29, 1.82) is 0 Å². The number of carbonyl (C=O) groups is 1. The van der Waals surface area contributed by atoms with Gasteiger partial charge in [-0.25, -0.2) is 4.39 Å². The lowest BCUT2D eigenvalue weighted by Crippen LogP contribution is -2.32. The Bertz CT molecular complexity index is 783. The highest BCUT2D eigenvalue weighted by molar-refractivity contribution is 9.10. The van der Waals surface area contributed by atoms with E-state index in [-0.39, 0.29) is 22.3 Å². The first-order chi connectivity index (χ1) is 10.4. The monoisotopic (exact) mass is 387 g/mol. The maximum absolute atomic E-state index is 13.6. The molecule has 0 saturated heterocycles. The summed E-state index contributed by atoms with van der Waals surface area (Å²) in [5, 5.41) is 9.90.